The van der Waals surface area contributed by atoms with Gasteiger partial charge in [-0.1, -0.05) is 0 Å². The minimum absolute atomic E-state index is 0.199. The van der Waals surface area contributed by atoms with Crippen LogP contribution < -0.4 is 0 Å². The van der Waals surface area contributed by atoms with Crippen LogP contribution in [0.4, 0.5) is 0 Å². The molecule has 10 aliphatic heterocycles. The molecule has 10 saturated heterocycles. The second kappa shape index (κ2) is 1.12. The molecule has 2 N–H and O–H groups in total. The summed E-state index contributed by atoms with van der Waals surface area (Å²) < 4.78 is 12.5. The Balaban J connectivity index is 1.22. The fourth-order valence-electron chi connectivity index (χ4n) is 17.5. The molecule has 11 rings (SSSR count). The summed E-state index contributed by atoms with van der Waals surface area (Å²) in [5.41, 5.74) is 1.20. The maximum atomic E-state index is 12.3. The van der Waals surface area contributed by atoms with E-state index in [-0.39, 0.29) is 9.89 Å². The fourth-order valence-corrected chi connectivity index (χ4v) is 90.9. The summed E-state index contributed by atoms with van der Waals surface area (Å²) in [6, 6.07) is 9.75. The van der Waals surface area contributed by atoms with Gasteiger partial charge in [-0.3, -0.25) is 0 Å². The van der Waals surface area contributed by atoms with Crippen LogP contribution in [-0.4, -0.2) is 19.7 Å². The zero-order valence-corrected chi connectivity index (χ0v) is 14.8. The predicted octanol–water partition coefficient (Wildman–Crippen LogP) is 4.10. The van der Waals surface area contributed by atoms with E-state index in [1.807, 2.05) is 30.3 Å². The van der Waals surface area contributed by atoms with E-state index in [0.717, 1.165) is 48.9 Å². The molecule has 4 nitrogen and oxygen atoms in total. The SMILES string of the molecule is O=P(O)(O)C(Cc1ccccc1)=N[C]12[CH]3[CH]4[CH]5[CH]1[Fe]45321678[CH]2[CH]1[CH]6[CH]7[CH]28. The van der Waals surface area contributed by atoms with E-state index in [1.54, 1.807) is 0 Å². The molecule has 0 saturated carbocycles. The molecule has 0 amide bonds. The van der Waals surface area contributed by atoms with Gasteiger partial charge in [-0.15, -0.1) is 0 Å². The minimum atomic E-state index is -4.27. The van der Waals surface area contributed by atoms with Crippen molar-refractivity contribution in [2.24, 2.45) is 4.99 Å². The molecule has 1 spiro atoms. The van der Waals surface area contributed by atoms with Gasteiger partial charge in [-0.05, 0) is 0 Å². The van der Waals surface area contributed by atoms with E-state index in [0.29, 0.717) is 6.42 Å². The maximum absolute atomic E-state index is 12.3. The van der Waals surface area contributed by atoms with Crippen LogP contribution >= 0.6 is 7.60 Å². The van der Waals surface area contributed by atoms with Gasteiger partial charge in [-0.25, -0.2) is 0 Å². The van der Waals surface area contributed by atoms with E-state index in [4.69, 9.17) is 4.99 Å². The van der Waals surface area contributed by atoms with Crippen molar-refractivity contribution < 1.29 is 20.9 Å². The molecule has 0 bridgehead atoms. The number of hydrogen-bond donors (Lipinski definition) is 2. The molecule has 24 heavy (non-hydrogen) atoms. The van der Waals surface area contributed by atoms with Crippen LogP contribution in [0.2, 0.25) is 43.3 Å². The van der Waals surface area contributed by atoms with E-state index < -0.39 is 14.1 Å². The monoisotopic (exact) mass is 383 g/mol. The molecule has 1 aromatic carbocycles. The summed E-state index contributed by atoms with van der Waals surface area (Å²) in [6.45, 7) is -3.40. The number of benzene rings is 1. The fraction of sp³-hybridized carbons (Fsp3) is 0.611. The van der Waals surface area contributed by atoms with Crippen molar-refractivity contribution in [3.8, 4) is 0 Å². The van der Waals surface area contributed by atoms with Crippen LogP contribution in [0.3, 0.4) is 0 Å². The van der Waals surface area contributed by atoms with Crippen LogP contribution in [0.15, 0.2) is 35.3 Å². The normalized spacial score (nSPS) is 89.2. The van der Waals surface area contributed by atoms with Crippen molar-refractivity contribution in [1.29, 1.82) is 0 Å². The Hall–Kier alpha value is -0.441. The number of fused-ring (bicyclic) bond motifs is 10. The van der Waals surface area contributed by atoms with Crippen LogP contribution in [0.1, 0.15) is 5.56 Å². The molecule has 0 aliphatic carbocycles. The summed E-state index contributed by atoms with van der Waals surface area (Å²) in [7, 11) is -4.27. The molecule has 4 atom stereocenters. The third-order valence-electron chi connectivity index (χ3n) is 16.4. The number of nitrogens with zero attached hydrogens (tertiary/aromatic N) is 1. The zero-order valence-electron chi connectivity index (χ0n) is 12.8. The molecule has 0 radical (unpaired) electrons. The average molecular weight is 383 g/mol. The van der Waals surface area contributed by atoms with Gasteiger partial charge in [-0.2, -0.15) is 0 Å². The van der Waals surface area contributed by atoms with E-state index in [1.165, 1.54) is 0 Å². The Morgan fingerprint density at radius 1 is 1.00 bits per heavy atom. The third-order valence-corrected chi connectivity index (χ3v) is 59.4. The Bertz CT molecular complexity index is 1330. The first-order valence-electron chi connectivity index (χ1n) is 9.13. The van der Waals surface area contributed by atoms with Gasteiger partial charge in [0.25, 0.3) is 0 Å². The topological polar surface area (TPSA) is 69.9 Å². The van der Waals surface area contributed by atoms with Gasteiger partial charge in [0.2, 0.25) is 0 Å². The first-order chi connectivity index (χ1) is 11.2. The second-order valence-electron chi connectivity index (χ2n) is 12.4. The van der Waals surface area contributed by atoms with Gasteiger partial charge < -0.3 is 0 Å². The Morgan fingerprint density at radius 2 is 1.54 bits per heavy atom. The summed E-state index contributed by atoms with van der Waals surface area (Å²) in [5.74, 6) is 0. The average Bonchev–Trinajstić information content (AvgIpc) is 3.48. The van der Waals surface area contributed by atoms with Crippen LogP contribution in [-0.2, 0) is 17.5 Å². The van der Waals surface area contributed by atoms with E-state index >= 15 is 0 Å². The van der Waals surface area contributed by atoms with E-state index in [9.17, 15) is 14.4 Å². The predicted molar refractivity (Wildman–Crippen MR) is 86.1 cm³/mol. The van der Waals surface area contributed by atoms with Crippen LogP contribution in [0.5, 0.6) is 0 Å². The number of aliphatic imine (C=N–C) groups is 1. The van der Waals surface area contributed by atoms with Crippen molar-refractivity contribution in [2.45, 2.75) is 54.2 Å². The molecule has 4 unspecified atom stereocenters. The van der Waals surface area contributed by atoms with Gasteiger partial charge in [0, 0.05) is 0 Å². The molecular formula is C18H18FeNO3P. The number of hydrogen-bond acceptors (Lipinski definition) is 2. The molecule has 0 aromatic heterocycles. The molecular weight excluding hydrogens is 365 g/mol. The van der Waals surface area contributed by atoms with E-state index in [2.05, 4.69) is 0 Å². The van der Waals surface area contributed by atoms with Crippen LogP contribution in [0, 0.1) is 0 Å². The molecule has 126 valence electrons. The summed E-state index contributed by atoms with van der Waals surface area (Å²) in [4.78, 5) is 35.1. The van der Waals surface area contributed by atoms with Crippen molar-refractivity contribution in [3.05, 3.63) is 35.9 Å². The van der Waals surface area contributed by atoms with Crippen molar-refractivity contribution in [3.63, 3.8) is 0 Å². The zero-order chi connectivity index (χ0) is 15.6. The summed E-state index contributed by atoms with van der Waals surface area (Å²) >= 11 is 0. The van der Waals surface area contributed by atoms with Gasteiger partial charge in [0.05, 0.1) is 0 Å². The van der Waals surface area contributed by atoms with Crippen molar-refractivity contribution >= 4 is 13.0 Å². The first-order valence-corrected chi connectivity index (χ1v) is 17.0. The standard InChI is InChI=1S/C13H13NO3P.C5H5.Fe/c15-18(16,17)13(14-12-8-4-5-9-12)10-11-6-2-1-3-7-11;1-2-4-5-3-1;/h1-9H,10H2,(H2,15,16,17);1-5H;. The van der Waals surface area contributed by atoms with Gasteiger partial charge >= 0.3 is 129 Å². The van der Waals surface area contributed by atoms with Crippen molar-refractivity contribution in [2.75, 3.05) is 0 Å². The Morgan fingerprint density at radius 3 is 1.92 bits per heavy atom. The molecule has 1 aromatic rings. The van der Waals surface area contributed by atoms with Crippen LogP contribution in [0.25, 0.3) is 0 Å². The summed E-state index contributed by atoms with van der Waals surface area (Å²) in [5, 5.41) is 0. The van der Waals surface area contributed by atoms with Gasteiger partial charge in [0.1, 0.15) is 0 Å². The molecule has 6 heteroatoms. The number of rotatable bonds is 4. The molecule has 10 heterocycles. The quantitative estimate of drug-likeness (QED) is 0.467. The second-order valence-corrected chi connectivity index (χ2v) is 37.5. The van der Waals surface area contributed by atoms with Gasteiger partial charge in [0.15, 0.2) is 0 Å². The Kier molecular flexibility index (Phi) is 0.499. The molecule has 10 aliphatic rings. The first kappa shape index (κ1) is 10.6. The summed E-state index contributed by atoms with van der Waals surface area (Å²) in [6.07, 6.45) is 0.337. The Labute approximate surface area is 129 Å². The third kappa shape index (κ3) is 0.164. The molecule has 10 fully saturated rings. The van der Waals surface area contributed by atoms with Crippen molar-refractivity contribution in [1.82, 2.24) is 0 Å².